The first-order chi connectivity index (χ1) is 6.20. The van der Waals surface area contributed by atoms with Gasteiger partial charge in [0.05, 0.1) is 6.54 Å². The van der Waals surface area contributed by atoms with Gasteiger partial charge in [0.2, 0.25) is 5.91 Å². The van der Waals surface area contributed by atoms with Crippen molar-refractivity contribution in [2.24, 2.45) is 0 Å². The molecule has 3 nitrogen and oxygen atoms in total. The monoisotopic (exact) mass is 198 g/mol. The molecule has 0 aliphatic carbocycles. The van der Waals surface area contributed by atoms with Gasteiger partial charge >= 0.3 is 0 Å². The molecule has 0 saturated carbocycles. The largest absolute Gasteiger partial charge is 0.348 e. The van der Waals surface area contributed by atoms with Crippen LogP contribution in [0.5, 0.6) is 0 Å². The summed E-state index contributed by atoms with van der Waals surface area (Å²) in [4.78, 5) is 14.0. The van der Waals surface area contributed by atoms with Crippen LogP contribution in [0, 0.1) is 0 Å². The minimum Gasteiger partial charge on any atom is -0.348 e. The number of nitrogens with one attached hydrogen (secondary N) is 1. The summed E-state index contributed by atoms with van der Waals surface area (Å²) in [5, 5.41) is 5.12. The zero-order valence-corrected chi connectivity index (χ0v) is 8.73. The minimum absolute atomic E-state index is 0.108. The van der Waals surface area contributed by atoms with E-state index >= 15 is 0 Å². The Morgan fingerprint density at radius 1 is 1.62 bits per heavy atom. The van der Waals surface area contributed by atoms with Crippen LogP contribution in [-0.4, -0.2) is 31.4 Å². The Labute approximate surface area is 82.4 Å². The topological polar surface area (TPSA) is 32.3 Å². The van der Waals surface area contributed by atoms with E-state index < -0.39 is 0 Å². The molecule has 0 aromatic carbocycles. The molecule has 1 N–H and O–H groups in total. The first kappa shape index (κ1) is 10.2. The van der Waals surface area contributed by atoms with Gasteiger partial charge in [-0.05, 0) is 11.4 Å². The quantitative estimate of drug-likeness (QED) is 0.780. The Bertz CT molecular complexity index is 257. The molecule has 13 heavy (non-hydrogen) atoms. The van der Waals surface area contributed by atoms with Crippen molar-refractivity contribution in [3.8, 4) is 0 Å². The Kier molecular flexibility index (Phi) is 3.92. The van der Waals surface area contributed by atoms with Gasteiger partial charge in [0.25, 0.3) is 0 Å². The molecule has 0 bridgehead atoms. The third kappa shape index (κ3) is 3.57. The van der Waals surface area contributed by atoms with E-state index in [1.807, 2.05) is 11.4 Å². The number of likely N-dealkylation sites (N-methyl/N-ethyl adjacent to an activating group) is 1. The van der Waals surface area contributed by atoms with E-state index in [9.17, 15) is 4.79 Å². The number of carbonyl (C=O) groups is 1. The highest BCUT2D eigenvalue weighted by molar-refractivity contribution is 7.09. The predicted octanol–water partition coefficient (Wildman–Crippen LogP) is 0.926. The number of carbonyl (C=O) groups excluding carboxylic acids is 1. The van der Waals surface area contributed by atoms with Crippen molar-refractivity contribution in [3.05, 3.63) is 22.4 Å². The highest BCUT2D eigenvalue weighted by Crippen LogP contribution is 2.06. The lowest BCUT2D eigenvalue weighted by Gasteiger charge is -2.10. The predicted molar refractivity (Wildman–Crippen MR) is 54.7 cm³/mol. The molecule has 0 spiro atoms. The fourth-order valence-electron chi connectivity index (χ4n) is 0.864. The second kappa shape index (κ2) is 4.99. The number of nitrogens with zero attached hydrogens (tertiary/aromatic N) is 1. The van der Waals surface area contributed by atoms with Crippen LogP contribution >= 0.6 is 11.3 Å². The zero-order chi connectivity index (χ0) is 9.68. The van der Waals surface area contributed by atoms with Gasteiger partial charge in [-0.3, -0.25) is 4.79 Å². The molecule has 1 amide bonds. The number of hydrogen-bond donors (Lipinski definition) is 1. The van der Waals surface area contributed by atoms with Gasteiger partial charge in [-0.2, -0.15) is 0 Å². The lowest BCUT2D eigenvalue weighted by atomic mass is 10.4. The van der Waals surface area contributed by atoms with Crippen LogP contribution in [0.3, 0.4) is 0 Å². The van der Waals surface area contributed by atoms with Crippen molar-refractivity contribution in [2.45, 2.75) is 6.54 Å². The lowest BCUT2D eigenvalue weighted by molar-refractivity contribution is -0.127. The van der Waals surface area contributed by atoms with E-state index in [0.29, 0.717) is 6.54 Å². The number of thiophene rings is 1. The average Bonchev–Trinajstić information content (AvgIpc) is 2.56. The molecule has 4 heteroatoms. The number of amides is 1. The Morgan fingerprint density at radius 3 is 2.92 bits per heavy atom. The minimum atomic E-state index is 0.108. The molecule has 1 rings (SSSR count). The molecule has 0 unspecified atom stereocenters. The van der Waals surface area contributed by atoms with E-state index in [2.05, 4.69) is 11.4 Å². The number of hydrogen-bond acceptors (Lipinski definition) is 3. The van der Waals surface area contributed by atoms with Gasteiger partial charge in [0.1, 0.15) is 0 Å². The van der Waals surface area contributed by atoms with Crippen molar-refractivity contribution in [2.75, 3.05) is 20.6 Å². The summed E-state index contributed by atoms with van der Waals surface area (Å²) in [6.07, 6.45) is 0. The summed E-state index contributed by atoms with van der Waals surface area (Å²) < 4.78 is 0. The fraction of sp³-hybridized carbons (Fsp3) is 0.444. The molecule has 1 aromatic heterocycles. The summed E-state index contributed by atoms with van der Waals surface area (Å²) >= 11 is 1.70. The molecule has 72 valence electrons. The van der Waals surface area contributed by atoms with Crippen molar-refractivity contribution in [3.63, 3.8) is 0 Å². The maximum Gasteiger partial charge on any atom is 0.236 e. The molecular formula is C9H14N2OS. The second-order valence-electron chi connectivity index (χ2n) is 2.97. The Morgan fingerprint density at radius 2 is 2.38 bits per heavy atom. The normalized spacial score (nSPS) is 10.0. The lowest BCUT2D eigenvalue weighted by Crippen LogP contribution is -2.32. The highest BCUT2D eigenvalue weighted by Gasteiger charge is 2.02. The van der Waals surface area contributed by atoms with Crippen LogP contribution in [0.2, 0.25) is 0 Å². The second-order valence-corrected chi connectivity index (χ2v) is 4.00. The van der Waals surface area contributed by atoms with E-state index in [-0.39, 0.29) is 5.91 Å². The maximum atomic E-state index is 11.1. The van der Waals surface area contributed by atoms with Gasteiger partial charge in [0.15, 0.2) is 0 Å². The van der Waals surface area contributed by atoms with Gasteiger partial charge in [-0.25, -0.2) is 0 Å². The highest BCUT2D eigenvalue weighted by atomic mass is 32.1. The van der Waals surface area contributed by atoms with Crippen molar-refractivity contribution in [1.82, 2.24) is 10.2 Å². The van der Waals surface area contributed by atoms with Crippen molar-refractivity contribution >= 4 is 17.2 Å². The Balaban J connectivity index is 2.18. The van der Waals surface area contributed by atoms with E-state index in [0.717, 1.165) is 6.54 Å². The van der Waals surface area contributed by atoms with Crippen molar-refractivity contribution < 1.29 is 4.79 Å². The van der Waals surface area contributed by atoms with Crippen LogP contribution in [0.15, 0.2) is 17.5 Å². The molecule has 0 aliphatic rings. The fourth-order valence-corrected chi connectivity index (χ4v) is 1.54. The van der Waals surface area contributed by atoms with Gasteiger partial charge < -0.3 is 10.2 Å². The standard InChI is InChI=1S/C9H14N2OS/c1-11(2)9(12)7-10-6-8-4-3-5-13-8/h3-5,10H,6-7H2,1-2H3. The Hall–Kier alpha value is -0.870. The molecule has 1 aromatic rings. The maximum absolute atomic E-state index is 11.1. The van der Waals surface area contributed by atoms with Crippen LogP contribution in [0.4, 0.5) is 0 Å². The molecule has 0 fully saturated rings. The number of rotatable bonds is 4. The van der Waals surface area contributed by atoms with E-state index in [1.54, 1.807) is 30.3 Å². The third-order valence-electron chi connectivity index (χ3n) is 1.65. The summed E-state index contributed by atoms with van der Waals surface area (Å²) in [6, 6.07) is 4.06. The summed E-state index contributed by atoms with van der Waals surface area (Å²) in [6.45, 7) is 1.18. The molecule has 0 aliphatic heterocycles. The zero-order valence-electron chi connectivity index (χ0n) is 7.91. The molecule has 1 heterocycles. The smallest absolute Gasteiger partial charge is 0.236 e. The van der Waals surface area contributed by atoms with Gasteiger partial charge in [-0.15, -0.1) is 11.3 Å². The van der Waals surface area contributed by atoms with Crippen molar-refractivity contribution in [1.29, 1.82) is 0 Å². The van der Waals surface area contributed by atoms with Gasteiger partial charge in [0, 0.05) is 25.5 Å². The third-order valence-corrected chi connectivity index (χ3v) is 2.53. The van der Waals surface area contributed by atoms with Crippen LogP contribution in [0.1, 0.15) is 4.88 Å². The molecule has 0 radical (unpaired) electrons. The van der Waals surface area contributed by atoms with E-state index in [1.165, 1.54) is 4.88 Å². The molecule has 0 saturated heterocycles. The van der Waals surface area contributed by atoms with Crippen LogP contribution in [0.25, 0.3) is 0 Å². The van der Waals surface area contributed by atoms with Crippen LogP contribution in [-0.2, 0) is 11.3 Å². The SMILES string of the molecule is CN(C)C(=O)CNCc1cccs1. The first-order valence-electron chi connectivity index (χ1n) is 4.13. The van der Waals surface area contributed by atoms with Crippen LogP contribution < -0.4 is 5.32 Å². The van der Waals surface area contributed by atoms with Gasteiger partial charge in [-0.1, -0.05) is 6.07 Å². The molecular weight excluding hydrogens is 184 g/mol. The molecule has 0 atom stereocenters. The first-order valence-corrected chi connectivity index (χ1v) is 5.01. The summed E-state index contributed by atoms with van der Waals surface area (Å²) in [5.41, 5.74) is 0. The average molecular weight is 198 g/mol. The summed E-state index contributed by atoms with van der Waals surface area (Å²) in [7, 11) is 3.52. The summed E-state index contributed by atoms with van der Waals surface area (Å²) in [5.74, 6) is 0.108. The van der Waals surface area contributed by atoms with E-state index in [4.69, 9.17) is 0 Å².